The lowest BCUT2D eigenvalue weighted by Gasteiger charge is -2.33. The van der Waals surface area contributed by atoms with Crippen molar-refractivity contribution in [1.82, 2.24) is 14.9 Å². The highest BCUT2D eigenvalue weighted by Crippen LogP contribution is 2.22. The number of likely N-dealkylation sites (tertiary alicyclic amines) is 1. The normalized spacial score (nSPS) is 15.5. The van der Waals surface area contributed by atoms with Crippen molar-refractivity contribution in [3.8, 4) is 17.1 Å². The molecular weight excluding hydrogens is 420 g/mol. The molecule has 1 saturated heterocycles. The van der Waals surface area contributed by atoms with Gasteiger partial charge in [0.25, 0.3) is 0 Å². The van der Waals surface area contributed by atoms with Gasteiger partial charge < -0.3 is 14.4 Å². The van der Waals surface area contributed by atoms with Gasteiger partial charge in [0.2, 0.25) is 10.0 Å². The van der Waals surface area contributed by atoms with Crippen molar-refractivity contribution in [1.29, 1.82) is 0 Å². The minimum Gasteiger partial charge on any atom is -0.463 e. The molecule has 168 valence electrons. The second-order valence-electron chi connectivity index (χ2n) is 8.55. The zero-order valence-electron chi connectivity index (χ0n) is 17.9. The van der Waals surface area contributed by atoms with E-state index in [0.717, 1.165) is 24.0 Å². The monoisotopic (exact) mass is 448 g/mol. The van der Waals surface area contributed by atoms with Crippen LogP contribution in [0, 0.1) is 5.92 Å². The quantitative estimate of drug-likeness (QED) is 0.745. The Bertz CT molecular complexity index is 994. The number of ether oxygens (including phenoxy) is 2. The Hall–Kier alpha value is -2.72. The predicted octanol–water partition coefficient (Wildman–Crippen LogP) is 2.82. The van der Waals surface area contributed by atoms with Gasteiger partial charge >= 0.3 is 12.1 Å². The maximum Gasteiger partial charge on any atom is 0.410 e. The Balaban J connectivity index is 1.48. The summed E-state index contributed by atoms with van der Waals surface area (Å²) in [6.45, 7) is 7.32. The van der Waals surface area contributed by atoms with E-state index < -0.39 is 15.6 Å². The van der Waals surface area contributed by atoms with Crippen LogP contribution < -0.4 is 9.88 Å². The zero-order valence-corrected chi connectivity index (χ0v) is 18.8. The molecule has 1 aromatic carbocycles. The summed E-state index contributed by atoms with van der Waals surface area (Å²) in [7, 11) is -3.72. The molecule has 0 saturated carbocycles. The van der Waals surface area contributed by atoms with E-state index in [9.17, 15) is 13.2 Å². The number of piperidine rings is 1. The lowest BCUT2D eigenvalue weighted by atomic mass is 9.98. The van der Waals surface area contributed by atoms with Gasteiger partial charge in [0, 0.05) is 31.0 Å². The van der Waals surface area contributed by atoms with Gasteiger partial charge in [-0.3, -0.25) is 0 Å². The second kappa shape index (κ2) is 9.19. The van der Waals surface area contributed by atoms with Crippen LogP contribution >= 0.6 is 0 Å². The molecule has 2 N–H and O–H groups in total. The molecule has 0 unspecified atom stereocenters. The molecular formula is C21H28N4O5S. The Morgan fingerprint density at radius 1 is 1.10 bits per heavy atom. The summed E-state index contributed by atoms with van der Waals surface area (Å²) in [5.41, 5.74) is 1.01. The summed E-state index contributed by atoms with van der Waals surface area (Å²) in [5, 5.41) is 5.11. The van der Waals surface area contributed by atoms with Gasteiger partial charge in [0.1, 0.15) is 5.60 Å². The molecule has 1 aliphatic heterocycles. The highest BCUT2D eigenvalue weighted by atomic mass is 32.2. The van der Waals surface area contributed by atoms with Crippen molar-refractivity contribution >= 4 is 16.1 Å². The average Bonchev–Trinajstić information content (AvgIpc) is 2.71. The second-order valence-corrected chi connectivity index (χ2v) is 10.1. The molecule has 0 aliphatic carbocycles. The Morgan fingerprint density at radius 2 is 1.68 bits per heavy atom. The lowest BCUT2D eigenvalue weighted by molar-refractivity contribution is 0.0163. The van der Waals surface area contributed by atoms with Crippen LogP contribution in [-0.2, 0) is 14.8 Å². The topological polar surface area (TPSA) is 125 Å². The standard InChI is InChI=1S/C21H28N4O5S/c1-21(2,3)30-20(26)25-10-8-15(9-11-25)14-29-19-23-12-17(13-24-19)16-4-6-18(7-5-16)31(22,27)28/h4-7,12-13,15H,8-11,14H2,1-3H3,(H2,22,27,28). The largest absolute Gasteiger partial charge is 0.463 e. The number of aromatic nitrogens is 2. The van der Waals surface area contributed by atoms with Gasteiger partial charge in [0.05, 0.1) is 11.5 Å². The van der Waals surface area contributed by atoms with Crippen LogP contribution in [0.1, 0.15) is 33.6 Å². The average molecular weight is 449 g/mol. The molecule has 0 bridgehead atoms. The third-order valence-corrected chi connectivity index (χ3v) is 5.79. The minimum atomic E-state index is -3.72. The fourth-order valence-electron chi connectivity index (χ4n) is 3.18. The van der Waals surface area contributed by atoms with E-state index in [1.807, 2.05) is 20.8 Å². The van der Waals surface area contributed by atoms with Crippen LogP contribution in [0.25, 0.3) is 11.1 Å². The third-order valence-electron chi connectivity index (χ3n) is 4.86. The molecule has 31 heavy (non-hydrogen) atoms. The summed E-state index contributed by atoms with van der Waals surface area (Å²) in [6, 6.07) is 6.46. The number of nitrogens with two attached hydrogens (primary N) is 1. The number of carbonyl (C=O) groups excluding carboxylic acids is 1. The first kappa shape index (κ1) is 23.0. The molecule has 1 amide bonds. The van der Waals surface area contributed by atoms with Crippen LogP contribution in [0.2, 0.25) is 0 Å². The molecule has 10 heteroatoms. The molecule has 9 nitrogen and oxygen atoms in total. The lowest BCUT2D eigenvalue weighted by Crippen LogP contribution is -2.42. The van der Waals surface area contributed by atoms with E-state index in [1.165, 1.54) is 12.1 Å². The molecule has 2 aromatic rings. The summed E-state index contributed by atoms with van der Waals surface area (Å²) in [5.74, 6) is 0.313. The molecule has 0 radical (unpaired) electrons. The summed E-state index contributed by atoms with van der Waals surface area (Å²) in [4.78, 5) is 22.4. The van der Waals surface area contributed by atoms with Crippen molar-refractivity contribution in [2.45, 2.75) is 44.1 Å². The van der Waals surface area contributed by atoms with Crippen molar-refractivity contribution in [2.24, 2.45) is 11.1 Å². The van der Waals surface area contributed by atoms with Gasteiger partial charge in [0.15, 0.2) is 0 Å². The number of hydrogen-bond donors (Lipinski definition) is 1. The van der Waals surface area contributed by atoms with E-state index in [0.29, 0.717) is 25.6 Å². The summed E-state index contributed by atoms with van der Waals surface area (Å²) >= 11 is 0. The van der Waals surface area contributed by atoms with Crippen molar-refractivity contribution < 1.29 is 22.7 Å². The first-order chi connectivity index (χ1) is 14.5. The van der Waals surface area contributed by atoms with Crippen LogP contribution in [0.4, 0.5) is 4.79 Å². The summed E-state index contributed by atoms with van der Waals surface area (Å²) in [6.07, 6.45) is 4.63. The first-order valence-electron chi connectivity index (χ1n) is 10.1. The number of hydrogen-bond acceptors (Lipinski definition) is 7. The number of benzene rings is 1. The first-order valence-corrected chi connectivity index (χ1v) is 11.6. The van der Waals surface area contributed by atoms with Crippen molar-refractivity contribution in [3.05, 3.63) is 36.7 Å². The van der Waals surface area contributed by atoms with Crippen LogP contribution in [0.15, 0.2) is 41.6 Å². The Morgan fingerprint density at radius 3 is 2.19 bits per heavy atom. The maximum atomic E-state index is 12.1. The molecule has 0 atom stereocenters. The van der Waals surface area contributed by atoms with Gasteiger partial charge in [-0.2, -0.15) is 0 Å². The molecule has 3 rings (SSSR count). The predicted molar refractivity (Wildman–Crippen MR) is 115 cm³/mol. The zero-order chi connectivity index (χ0) is 22.6. The van der Waals surface area contributed by atoms with Crippen molar-refractivity contribution in [2.75, 3.05) is 19.7 Å². The fourth-order valence-corrected chi connectivity index (χ4v) is 3.69. The molecule has 1 fully saturated rings. The minimum absolute atomic E-state index is 0.0508. The van der Waals surface area contributed by atoms with Crippen LogP contribution in [0.5, 0.6) is 6.01 Å². The van der Waals surface area contributed by atoms with E-state index in [4.69, 9.17) is 14.6 Å². The maximum absolute atomic E-state index is 12.1. The van der Waals surface area contributed by atoms with Crippen LogP contribution in [0.3, 0.4) is 0 Å². The number of primary sulfonamides is 1. The number of sulfonamides is 1. The van der Waals surface area contributed by atoms with E-state index in [-0.39, 0.29) is 17.0 Å². The smallest absolute Gasteiger partial charge is 0.410 e. The molecule has 0 spiro atoms. The molecule has 1 aliphatic rings. The number of rotatable bonds is 5. The van der Waals surface area contributed by atoms with Gasteiger partial charge in [-0.25, -0.2) is 28.3 Å². The Kier molecular flexibility index (Phi) is 6.80. The summed E-state index contributed by atoms with van der Waals surface area (Å²) < 4.78 is 33.8. The van der Waals surface area contributed by atoms with E-state index in [1.54, 1.807) is 29.4 Å². The highest BCUT2D eigenvalue weighted by molar-refractivity contribution is 7.89. The third kappa shape index (κ3) is 6.63. The highest BCUT2D eigenvalue weighted by Gasteiger charge is 2.27. The Labute approximate surface area is 182 Å². The van der Waals surface area contributed by atoms with Crippen LogP contribution in [-0.4, -0.2) is 54.7 Å². The van der Waals surface area contributed by atoms with E-state index in [2.05, 4.69) is 9.97 Å². The van der Waals surface area contributed by atoms with Gasteiger partial charge in [-0.05, 0) is 57.2 Å². The van der Waals surface area contributed by atoms with Gasteiger partial charge in [-0.15, -0.1) is 0 Å². The molecule has 2 heterocycles. The van der Waals surface area contributed by atoms with Crippen molar-refractivity contribution in [3.63, 3.8) is 0 Å². The SMILES string of the molecule is CC(C)(C)OC(=O)N1CCC(COc2ncc(-c3ccc(S(N)(=O)=O)cc3)cn2)CC1. The molecule has 1 aromatic heterocycles. The number of carbonyl (C=O) groups is 1. The number of amides is 1. The number of nitrogens with zero attached hydrogens (tertiary/aromatic N) is 3. The fraction of sp³-hybridized carbons (Fsp3) is 0.476. The van der Waals surface area contributed by atoms with Gasteiger partial charge in [-0.1, -0.05) is 12.1 Å². The van der Waals surface area contributed by atoms with E-state index >= 15 is 0 Å².